The minimum Gasteiger partial charge on any atom is -0.345 e. The minimum atomic E-state index is -0.276. The third-order valence-corrected chi connectivity index (χ3v) is 2.81. The molecule has 100 valence electrons. The van der Waals surface area contributed by atoms with E-state index in [1.165, 1.54) is 0 Å². The van der Waals surface area contributed by atoms with Gasteiger partial charge in [0.1, 0.15) is 5.82 Å². The Morgan fingerprint density at radius 1 is 1.47 bits per heavy atom. The summed E-state index contributed by atoms with van der Waals surface area (Å²) in [4.78, 5) is 20.0. The van der Waals surface area contributed by atoms with Crippen molar-refractivity contribution in [3.05, 3.63) is 41.2 Å². The van der Waals surface area contributed by atoms with Crippen LogP contribution < -0.4 is 5.32 Å². The summed E-state index contributed by atoms with van der Waals surface area (Å²) in [6.45, 7) is 4.46. The largest absolute Gasteiger partial charge is 0.345 e. The fraction of sp³-hybridized carbons (Fsp3) is 0.385. The molecule has 0 bridgehead atoms. The van der Waals surface area contributed by atoms with Gasteiger partial charge in [-0.05, 0) is 30.5 Å². The van der Waals surface area contributed by atoms with Crippen molar-refractivity contribution in [3.8, 4) is 0 Å². The van der Waals surface area contributed by atoms with E-state index in [1.54, 1.807) is 12.4 Å². The van der Waals surface area contributed by atoms with Crippen LogP contribution in [0.4, 0.5) is 0 Å². The standard InChI is InChI=1S/C13H17N5O/c1-3-4-11-16-12(18-17-11)13(19)15-8-10-7-14-6-5-9(10)2/h5-7H,3-4,8H2,1-2H3,(H,15,19)(H,16,17,18). The Morgan fingerprint density at radius 3 is 3.05 bits per heavy atom. The lowest BCUT2D eigenvalue weighted by molar-refractivity contribution is 0.0941. The molecule has 0 aliphatic heterocycles. The molecule has 2 heterocycles. The smallest absolute Gasteiger partial charge is 0.291 e. The molecule has 0 saturated carbocycles. The highest BCUT2D eigenvalue weighted by molar-refractivity contribution is 5.90. The molecule has 0 fully saturated rings. The Balaban J connectivity index is 1.95. The molecule has 19 heavy (non-hydrogen) atoms. The molecule has 1 amide bonds. The first-order valence-corrected chi connectivity index (χ1v) is 6.29. The van der Waals surface area contributed by atoms with Crippen LogP contribution in [0.15, 0.2) is 18.5 Å². The van der Waals surface area contributed by atoms with Crippen LogP contribution in [0.2, 0.25) is 0 Å². The Hall–Kier alpha value is -2.24. The number of rotatable bonds is 5. The van der Waals surface area contributed by atoms with Crippen molar-refractivity contribution in [2.75, 3.05) is 0 Å². The van der Waals surface area contributed by atoms with Gasteiger partial charge in [-0.1, -0.05) is 6.92 Å². The highest BCUT2D eigenvalue weighted by Gasteiger charge is 2.12. The Bertz CT molecular complexity index is 564. The normalized spacial score (nSPS) is 10.4. The SMILES string of the molecule is CCCc1nc(C(=O)NCc2cnccc2C)n[nH]1. The maximum Gasteiger partial charge on any atom is 0.291 e. The van der Waals surface area contributed by atoms with Gasteiger partial charge in [-0.3, -0.25) is 14.9 Å². The van der Waals surface area contributed by atoms with E-state index in [-0.39, 0.29) is 11.7 Å². The van der Waals surface area contributed by atoms with E-state index in [2.05, 4.69) is 25.5 Å². The van der Waals surface area contributed by atoms with E-state index >= 15 is 0 Å². The van der Waals surface area contributed by atoms with Crippen molar-refractivity contribution in [3.63, 3.8) is 0 Å². The number of nitrogens with zero attached hydrogens (tertiary/aromatic N) is 3. The number of carbonyl (C=O) groups excluding carboxylic acids is 1. The predicted octanol–water partition coefficient (Wildman–Crippen LogP) is 1.39. The molecule has 0 radical (unpaired) electrons. The molecule has 0 saturated heterocycles. The van der Waals surface area contributed by atoms with E-state index in [1.807, 2.05) is 19.9 Å². The van der Waals surface area contributed by atoms with E-state index in [0.717, 1.165) is 29.8 Å². The van der Waals surface area contributed by atoms with Gasteiger partial charge in [0.15, 0.2) is 0 Å². The number of hydrogen-bond acceptors (Lipinski definition) is 4. The van der Waals surface area contributed by atoms with Crippen LogP contribution in [0.3, 0.4) is 0 Å². The van der Waals surface area contributed by atoms with Gasteiger partial charge < -0.3 is 5.32 Å². The maximum absolute atomic E-state index is 11.9. The van der Waals surface area contributed by atoms with Crippen LogP contribution in [0.1, 0.15) is 40.9 Å². The second-order valence-electron chi connectivity index (χ2n) is 4.34. The zero-order valence-electron chi connectivity index (χ0n) is 11.1. The third kappa shape index (κ3) is 3.37. The molecular weight excluding hydrogens is 242 g/mol. The fourth-order valence-corrected chi connectivity index (χ4v) is 1.68. The topological polar surface area (TPSA) is 83.6 Å². The quantitative estimate of drug-likeness (QED) is 0.850. The number of amides is 1. The van der Waals surface area contributed by atoms with Gasteiger partial charge in [-0.25, -0.2) is 4.98 Å². The van der Waals surface area contributed by atoms with Gasteiger partial charge in [-0.2, -0.15) is 0 Å². The van der Waals surface area contributed by atoms with Crippen LogP contribution >= 0.6 is 0 Å². The Morgan fingerprint density at radius 2 is 2.32 bits per heavy atom. The lowest BCUT2D eigenvalue weighted by Crippen LogP contribution is -2.24. The summed E-state index contributed by atoms with van der Waals surface area (Å²) in [6.07, 6.45) is 5.23. The molecule has 2 rings (SSSR count). The maximum atomic E-state index is 11.9. The van der Waals surface area contributed by atoms with Crippen molar-refractivity contribution >= 4 is 5.91 Å². The van der Waals surface area contributed by atoms with Crippen molar-refractivity contribution in [2.45, 2.75) is 33.2 Å². The van der Waals surface area contributed by atoms with Crippen LogP contribution in [0.25, 0.3) is 0 Å². The molecular formula is C13H17N5O. The molecule has 0 aliphatic carbocycles. The van der Waals surface area contributed by atoms with Crippen LogP contribution in [-0.4, -0.2) is 26.1 Å². The number of pyridine rings is 1. The average molecular weight is 259 g/mol. The number of nitrogens with one attached hydrogen (secondary N) is 2. The molecule has 2 N–H and O–H groups in total. The second-order valence-corrected chi connectivity index (χ2v) is 4.34. The Labute approximate surface area is 111 Å². The lowest BCUT2D eigenvalue weighted by atomic mass is 10.1. The average Bonchev–Trinajstić information content (AvgIpc) is 2.87. The monoisotopic (exact) mass is 259 g/mol. The Kier molecular flexibility index (Phi) is 4.22. The van der Waals surface area contributed by atoms with Gasteiger partial charge in [0.2, 0.25) is 5.82 Å². The first-order chi connectivity index (χ1) is 9.20. The molecule has 0 aromatic carbocycles. The highest BCUT2D eigenvalue weighted by Crippen LogP contribution is 2.04. The molecule has 0 spiro atoms. The number of aromatic nitrogens is 4. The van der Waals surface area contributed by atoms with Crippen LogP contribution in [0.5, 0.6) is 0 Å². The first kappa shape index (κ1) is 13.2. The highest BCUT2D eigenvalue weighted by atomic mass is 16.2. The van der Waals surface area contributed by atoms with Gasteiger partial charge in [0, 0.05) is 25.4 Å². The molecule has 2 aromatic heterocycles. The number of H-pyrrole nitrogens is 1. The number of aryl methyl sites for hydroxylation is 2. The molecule has 0 aliphatic rings. The van der Waals surface area contributed by atoms with E-state index < -0.39 is 0 Å². The molecule has 6 nitrogen and oxygen atoms in total. The summed E-state index contributed by atoms with van der Waals surface area (Å²) in [5, 5.41) is 9.46. The summed E-state index contributed by atoms with van der Waals surface area (Å²) < 4.78 is 0. The lowest BCUT2D eigenvalue weighted by Gasteiger charge is -2.05. The second kappa shape index (κ2) is 6.08. The third-order valence-electron chi connectivity index (χ3n) is 2.81. The number of hydrogen-bond donors (Lipinski definition) is 2. The molecule has 6 heteroatoms. The van der Waals surface area contributed by atoms with Crippen LogP contribution in [-0.2, 0) is 13.0 Å². The van der Waals surface area contributed by atoms with Gasteiger partial charge >= 0.3 is 0 Å². The predicted molar refractivity (Wildman–Crippen MR) is 70.5 cm³/mol. The number of carbonyl (C=O) groups is 1. The molecule has 2 aromatic rings. The summed E-state index contributed by atoms with van der Waals surface area (Å²) in [5.41, 5.74) is 2.08. The summed E-state index contributed by atoms with van der Waals surface area (Å²) in [6, 6.07) is 1.91. The van der Waals surface area contributed by atoms with Gasteiger partial charge in [-0.15, -0.1) is 5.10 Å². The van der Waals surface area contributed by atoms with E-state index in [9.17, 15) is 4.79 Å². The van der Waals surface area contributed by atoms with E-state index in [4.69, 9.17) is 0 Å². The van der Waals surface area contributed by atoms with Crippen LogP contribution in [0, 0.1) is 6.92 Å². The molecule has 0 atom stereocenters. The summed E-state index contributed by atoms with van der Waals surface area (Å²) in [7, 11) is 0. The minimum absolute atomic E-state index is 0.185. The van der Waals surface area contributed by atoms with Gasteiger partial charge in [0.05, 0.1) is 0 Å². The first-order valence-electron chi connectivity index (χ1n) is 6.29. The van der Waals surface area contributed by atoms with Crippen molar-refractivity contribution < 1.29 is 4.79 Å². The fourth-order valence-electron chi connectivity index (χ4n) is 1.68. The number of aromatic amines is 1. The molecule has 0 unspecified atom stereocenters. The zero-order chi connectivity index (χ0) is 13.7. The van der Waals surface area contributed by atoms with Crippen molar-refractivity contribution in [1.29, 1.82) is 0 Å². The van der Waals surface area contributed by atoms with Crippen molar-refractivity contribution in [1.82, 2.24) is 25.5 Å². The van der Waals surface area contributed by atoms with Crippen molar-refractivity contribution in [2.24, 2.45) is 0 Å². The zero-order valence-corrected chi connectivity index (χ0v) is 11.1. The summed E-state index contributed by atoms with van der Waals surface area (Å²) >= 11 is 0. The van der Waals surface area contributed by atoms with Gasteiger partial charge in [0.25, 0.3) is 5.91 Å². The van der Waals surface area contributed by atoms with E-state index in [0.29, 0.717) is 6.54 Å². The summed E-state index contributed by atoms with van der Waals surface area (Å²) in [5.74, 6) is 0.650.